The van der Waals surface area contributed by atoms with Crippen LogP contribution in [0, 0.1) is 29.3 Å². The standard InChI is InChI=1S/C26H25ClF3NO7S/c1-2-7-37-25(33)38-13-26(34)11-15-3-4-16(12-26)23(15)39(35,36)21-8-14(5-6-18(21)27)24(32)31-17-9-19(28)22(30)20(29)10-17/h2,5-6,8-10,15-16,23,34H,1,3-4,7,11-13H2,(H,31,32). The van der Waals surface area contributed by atoms with E-state index in [4.69, 9.17) is 21.1 Å². The Labute approximate surface area is 227 Å². The van der Waals surface area contributed by atoms with Gasteiger partial charge in [-0.3, -0.25) is 4.79 Å². The Hall–Kier alpha value is -3.09. The number of halogens is 4. The molecule has 0 aromatic heterocycles. The minimum Gasteiger partial charge on any atom is -0.431 e. The van der Waals surface area contributed by atoms with Crippen LogP contribution in [0.25, 0.3) is 0 Å². The highest BCUT2D eigenvalue weighted by Gasteiger charge is 2.54. The first kappa shape index (κ1) is 28.9. The molecule has 8 nitrogen and oxygen atoms in total. The second-order valence-corrected chi connectivity index (χ2v) is 12.2. The maximum Gasteiger partial charge on any atom is 0.508 e. The number of nitrogens with one attached hydrogen (secondary N) is 1. The molecule has 210 valence electrons. The second-order valence-electron chi connectivity index (χ2n) is 9.73. The van der Waals surface area contributed by atoms with Gasteiger partial charge in [-0.05, 0) is 55.7 Å². The summed E-state index contributed by atoms with van der Waals surface area (Å²) in [6.07, 6.45) is 1.52. The molecule has 2 aliphatic rings. The van der Waals surface area contributed by atoms with E-state index in [2.05, 4.69) is 11.9 Å². The number of aliphatic hydroxyl groups is 1. The van der Waals surface area contributed by atoms with Crippen LogP contribution in [0.15, 0.2) is 47.9 Å². The summed E-state index contributed by atoms with van der Waals surface area (Å²) in [4.78, 5) is 24.1. The van der Waals surface area contributed by atoms with Gasteiger partial charge in [0.1, 0.15) is 13.2 Å². The summed E-state index contributed by atoms with van der Waals surface area (Å²) in [5.74, 6) is -6.53. The summed E-state index contributed by atoms with van der Waals surface area (Å²) in [5, 5.41) is 12.2. The van der Waals surface area contributed by atoms with Crippen LogP contribution >= 0.6 is 11.6 Å². The number of hydrogen-bond donors (Lipinski definition) is 2. The number of sulfone groups is 1. The Kier molecular flexibility index (Phi) is 8.29. The van der Waals surface area contributed by atoms with Crippen LogP contribution in [0.3, 0.4) is 0 Å². The smallest absolute Gasteiger partial charge is 0.431 e. The molecule has 2 aliphatic carbocycles. The molecular weight excluding hydrogens is 563 g/mol. The van der Waals surface area contributed by atoms with Gasteiger partial charge in [-0.2, -0.15) is 0 Å². The lowest BCUT2D eigenvalue weighted by molar-refractivity contribution is -0.0743. The first-order chi connectivity index (χ1) is 18.3. The maximum atomic E-state index is 13.8. The molecule has 2 N–H and O–H groups in total. The average Bonchev–Trinajstić information content (AvgIpc) is 3.18. The van der Waals surface area contributed by atoms with E-state index < -0.39 is 62.0 Å². The summed E-state index contributed by atoms with van der Waals surface area (Å²) in [6.45, 7) is 3.00. The van der Waals surface area contributed by atoms with E-state index in [9.17, 15) is 36.3 Å². The average molecular weight is 588 g/mol. The van der Waals surface area contributed by atoms with E-state index in [0.717, 1.165) is 6.07 Å². The maximum absolute atomic E-state index is 13.8. The van der Waals surface area contributed by atoms with Gasteiger partial charge in [0.05, 0.1) is 20.8 Å². The predicted molar refractivity (Wildman–Crippen MR) is 135 cm³/mol. The van der Waals surface area contributed by atoms with E-state index >= 15 is 0 Å². The number of carbonyl (C=O) groups is 2. The number of fused-ring (bicyclic) bond motifs is 2. The number of carbonyl (C=O) groups excluding carboxylic acids is 2. The summed E-state index contributed by atoms with van der Waals surface area (Å²) < 4.78 is 77.6. The highest BCUT2D eigenvalue weighted by Crippen LogP contribution is 2.51. The lowest BCUT2D eigenvalue weighted by Gasteiger charge is -2.40. The first-order valence-electron chi connectivity index (χ1n) is 12.0. The fourth-order valence-corrected chi connectivity index (χ4v) is 8.31. The predicted octanol–water partition coefficient (Wildman–Crippen LogP) is 5.04. The SMILES string of the molecule is C=CCOC(=O)OCC1(O)CC2CCC(C1)C2S(=O)(=O)c1cc(C(=O)Nc2cc(F)c(F)c(F)c2)ccc1Cl. The Morgan fingerprint density at radius 3 is 2.31 bits per heavy atom. The molecule has 2 fully saturated rings. The van der Waals surface area contributed by atoms with Crippen LogP contribution in [-0.4, -0.2) is 49.7 Å². The van der Waals surface area contributed by atoms with Gasteiger partial charge in [0, 0.05) is 23.4 Å². The quantitative estimate of drug-likeness (QED) is 0.252. The van der Waals surface area contributed by atoms with E-state index in [1.807, 2.05) is 0 Å². The highest BCUT2D eigenvalue weighted by atomic mass is 35.5. The minimum absolute atomic E-state index is 0.0572. The van der Waals surface area contributed by atoms with E-state index in [1.165, 1.54) is 18.2 Å². The molecule has 2 unspecified atom stereocenters. The third-order valence-electron chi connectivity index (χ3n) is 7.00. The molecule has 2 atom stereocenters. The molecule has 39 heavy (non-hydrogen) atoms. The van der Waals surface area contributed by atoms with Gasteiger partial charge in [0.25, 0.3) is 5.91 Å². The molecule has 2 aromatic carbocycles. The molecule has 4 rings (SSSR count). The Balaban J connectivity index is 1.52. The van der Waals surface area contributed by atoms with Gasteiger partial charge in [0.2, 0.25) is 0 Å². The topological polar surface area (TPSA) is 119 Å². The van der Waals surface area contributed by atoms with Gasteiger partial charge < -0.3 is 19.9 Å². The lowest BCUT2D eigenvalue weighted by Crippen LogP contribution is -2.48. The molecule has 2 bridgehead atoms. The van der Waals surface area contributed by atoms with Crippen molar-refractivity contribution in [1.29, 1.82) is 0 Å². The molecule has 0 heterocycles. The monoisotopic (exact) mass is 587 g/mol. The third-order valence-corrected chi connectivity index (χ3v) is 9.88. The van der Waals surface area contributed by atoms with Gasteiger partial charge in [-0.1, -0.05) is 24.3 Å². The molecule has 0 radical (unpaired) electrons. The summed E-state index contributed by atoms with van der Waals surface area (Å²) in [6, 6.07) is 4.71. The summed E-state index contributed by atoms with van der Waals surface area (Å²) in [5.41, 5.74) is -1.96. The van der Waals surface area contributed by atoms with Crippen LogP contribution in [0.5, 0.6) is 0 Å². The zero-order valence-electron chi connectivity index (χ0n) is 20.5. The van der Waals surface area contributed by atoms with Crippen LogP contribution in [-0.2, 0) is 19.3 Å². The zero-order chi connectivity index (χ0) is 28.5. The van der Waals surface area contributed by atoms with Gasteiger partial charge in [-0.25, -0.2) is 26.4 Å². The molecule has 0 spiro atoms. The number of hydrogen-bond acceptors (Lipinski definition) is 7. The van der Waals surface area contributed by atoms with Crippen molar-refractivity contribution in [2.45, 2.75) is 41.4 Å². The lowest BCUT2D eigenvalue weighted by atomic mass is 9.77. The van der Waals surface area contributed by atoms with Crippen molar-refractivity contribution in [3.8, 4) is 0 Å². The Morgan fingerprint density at radius 1 is 1.10 bits per heavy atom. The second kappa shape index (κ2) is 11.2. The van der Waals surface area contributed by atoms with Crippen molar-refractivity contribution in [2.75, 3.05) is 18.5 Å². The third kappa shape index (κ3) is 6.07. The van der Waals surface area contributed by atoms with Gasteiger partial charge in [0.15, 0.2) is 27.3 Å². The van der Waals surface area contributed by atoms with Crippen molar-refractivity contribution >= 4 is 39.2 Å². The fourth-order valence-electron chi connectivity index (χ4n) is 5.46. The van der Waals surface area contributed by atoms with E-state index in [1.54, 1.807) is 0 Å². The first-order valence-corrected chi connectivity index (χ1v) is 13.9. The van der Waals surface area contributed by atoms with Gasteiger partial charge >= 0.3 is 6.16 Å². The molecular formula is C26H25ClF3NO7S. The largest absolute Gasteiger partial charge is 0.508 e. The molecule has 2 saturated carbocycles. The van der Waals surface area contributed by atoms with E-state index in [0.29, 0.717) is 25.0 Å². The molecule has 0 saturated heterocycles. The minimum atomic E-state index is -4.11. The summed E-state index contributed by atoms with van der Waals surface area (Å²) in [7, 11) is -4.11. The summed E-state index contributed by atoms with van der Waals surface area (Å²) >= 11 is 6.24. The number of anilines is 1. The number of rotatable bonds is 8. The van der Waals surface area contributed by atoms with Crippen molar-refractivity contribution in [3.05, 3.63) is 71.0 Å². The molecule has 13 heteroatoms. The molecule has 1 amide bonds. The fraction of sp³-hybridized carbons (Fsp3) is 0.385. The molecule has 2 aromatic rings. The van der Waals surface area contributed by atoms with Crippen molar-refractivity contribution in [2.24, 2.45) is 11.8 Å². The number of benzene rings is 2. The molecule has 0 aliphatic heterocycles. The van der Waals surface area contributed by atoms with Crippen LogP contribution in [0.2, 0.25) is 5.02 Å². The van der Waals surface area contributed by atoms with Crippen molar-refractivity contribution in [1.82, 2.24) is 0 Å². The van der Waals surface area contributed by atoms with Crippen molar-refractivity contribution in [3.63, 3.8) is 0 Å². The van der Waals surface area contributed by atoms with Crippen molar-refractivity contribution < 1.29 is 45.8 Å². The Bertz CT molecular complexity index is 1380. The van der Waals surface area contributed by atoms with Gasteiger partial charge in [-0.15, -0.1) is 0 Å². The zero-order valence-corrected chi connectivity index (χ0v) is 22.0. The van der Waals surface area contributed by atoms with E-state index in [-0.39, 0.29) is 47.2 Å². The van der Waals surface area contributed by atoms with Crippen LogP contribution in [0.1, 0.15) is 36.0 Å². The van der Waals surface area contributed by atoms with Crippen LogP contribution in [0.4, 0.5) is 23.7 Å². The Morgan fingerprint density at radius 2 is 1.72 bits per heavy atom. The van der Waals surface area contributed by atoms with Crippen LogP contribution < -0.4 is 5.32 Å². The number of ether oxygens (including phenoxy) is 2. The normalized spacial score (nSPS) is 24.2. The number of amides is 1. The highest BCUT2D eigenvalue weighted by molar-refractivity contribution is 7.92.